The average Bonchev–Trinajstić information content (AvgIpc) is 3.92. The van der Waals surface area contributed by atoms with Gasteiger partial charge in [0.05, 0.1) is 0 Å². The van der Waals surface area contributed by atoms with E-state index in [1.54, 1.807) is 0 Å². The molecule has 0 aliphatic heterocycles. The summed E-state index contributed by atoms with van der Waals surface area (Å²) in [6.07, 6.45) is 0. The van der Waals surface area contributed by atoms with Crippen LogP contribution >= 0.6 is 11.3 Å². The fourth-order valence-corrected chi connectivity index (χ4v) is 10.7. The number of furan rings is 1. The van der Waals surface area contributed by atoms with Crippen molar-refractivity contribution in [1.29, 1.82) is 0 Å². The highest BCUT2D eigenvalue weighted by Crippen LogP contribution is 2.51. The number of anilines is 3. The first-order valence-corrected chi connectivity index (χ1v) is 20.8. The average molecular weight is 760 g/mol. The minimum atomic E-state index is -0.108. The second kappa shape index (κ2) is 12.5. The molecule has 0 unspecified atom stereocenters. The Balaban J connectivity index is 1.01. The first-order chi connectivity index (χ1) is 28.5. The Morgan fingerprint density at radius 2 is 0.983 bits per heavy atom. The van der Waals surface area contributed by atoms with E-state index in [2.05, 4.69) is 207 Å². The number of benzene rings is 9. The minimum Gasteiger partial charge on any atom is -0.455 e. The van der Waals surface area contributed by atoms with Crippen molar-refractivity contribution in [3.05, 3.63) is 199 Å². The number of para-hydroxylation sites is 1. The molecule has 0 bridgehead atoms. The van der Waals surface area contributed by atoms with Gasteiger partial charge in [0.15, 0.2) is 0 Å². The zero-order valence-corrected chi connectivity index (χ0v) is 33.0. The van der Waals surface area contributed by atoms with Crippen LogP contribution in [0.1, 0.15) is 25.0 Å². The number of hydrogen-bond acceptors (Lipinski definition) is 3. The quantitative estimate of drug-likeness (QED) is 0.174. The van der Waals surface area contributed by atoms with E-state index in [4.69, 9.17) is 4.42 Å². The maximum Gasteiger partial charge on any atom is 0.143 e. The summed E-state index contributed by atoms with van der Waals surface area (Å²) in [7, 11) is 0. The largest absolute Gasteiger partial charge is 0.455 e. The van der Waals surface area contributed by atoms with Crippen LogP contribution in [0.25, 0.3) is 86.3 Å². The SMILES string of the molecule is CC1(C)c2ccccc2-c2ccc(N(c3ccc(-c4cccc5c4oc4c6ccccc6c(-c6ccccc6)cc54)cc3)c3ccc4sc5ccccc5c4c3)cc21. The molecule has 0 fully saturated rings. The molecule has 1 aliphatic rings. The summed E-state index contributed by atoms with van der Waals surface area (Å²) >= 11 is 1.86. The number of nitrogens with zero attached hydrogens (tertiary/aromatic N) is 1. The van der Waals surface area contributed by atoms with E-state index in [9.17, 15) is 0 Å². The van der Waals surface area contributed by atoms with Crippen molar-refractivity contribution in [1.82, 2.24) is 0 Å². The third kappa shape index (κ3) is 4.90. The molecule has 2 aromatic heterocycles. The maximum atomic E-state index is 6.91. The molecule has 0 saturated heterocycles. The predicted molar refractivity (Wildman–Crippen MR) is 247 cm³/mol. The summed E-state index contributed by atoms with van der Waals surface area (Å²) < 4.78 is 9.52. The minimum absolute atomic E-state index is 0.108. The molecule has 0 radical (unpaired) electrons. The summed E-state index contributed by atoms with van der Waals surface area (Å²) in [5.74, 6) is 0. The first kappa shape index (κ1) is 33.2. The van der Waals surface area contributed by atoms with Crippen molar-refractivity contribution in [2.75, 3.05) is 4.90 Å². The topological polar surface area (TPSA) is 16.4 Å². The lowest BCUT2D eigenvalue weighted by Crippen LogP contribution is -2.16. The molecule has 3 heteroatoms. The van der Waals surface area contributed by atoms with Crippen LogP contribution in [0.15, 0.2) is 192 Å². The summed E-state index contributed by atoms with van der Waals surface area (Å²) in [5.41, 5.74) is 15.1. The normalized spacial score (nSPS) is 13.1. The van der Waals surface area contributed by atoms with Crippen molar-refractivity contribution in [3.63, 3.8) is 0 Å². The molecular weight excluding hydrogens is 723 g/mol. The second-order valence-corrected chi connectivity index (χ2v) is 17.1. The van der Waals surface area contributed by atoms with E-state index in [1.807, 2.05) is 11.3 Å². The molecule has 0 amide bonds. The van der Waals surface area contributed by atoms with Gasteiger partial charge in [-0.05, 0) is 98.9 Å². The first-order valence-electron chi connectivity index (χ1n) is 20.0. The summed E-state index contributed by atoms with van der Waals surface area (Å²) in [6.45, 7) is 4.71. The predicted octanol–water partition coefficient (Wildman–Crippen LogP) is 16.2. The van der Waals surface area contributed by atoms with E-state index in [1.165, 1.54) is 58.9 Å². The van der Waals surface area contributed by atoms with Crippen LogP contribution in [0.3, 0.4) is 0 Å². The number of thiophene rings is 1. The number of fused-ring (bicyclic) bond motifs is 11. The van der Waals surface area contributed by atoms with Crippen LogP contribution in [0.4, 0.5) is 17.1 Å². The molecule has 2 nitrogen and oxygen atoms in total. The fraction of sp³-hybridized carbons (Fsp3) is 0.0545. The third-order valence-electron chi connectivity index (χ3n) is 12.5. The molecule has 0 spiro atoms. The number of hydrogen-bond donors (Lipinski definition) is 0. The Bertz CT molecular complexity index is 3420. The molecule has 2 heterocycles. The van der Waals surface area contributed by atoms with Gasteiger partial charge < -0.3 is 9.32 Å². The molecule has 0 atom stereocenters. The van der Waals surface area contributed by atoms with Crippen molar-refractivity contribution < 1.29 is 4.42 Å². The van der Waals surface area contributed by atoms with Gasteiger partial charge >= 0.3 is 0 Å². The van der Waals surface area contributed by atoms with Crippen molar-refractivity contribution in [2.24, 2.45) is 0 Å². The standard InChI is InChI=1S/C55H37NOS/c1-55(2)49-21-10-8-16-41(49)42-29-27-38(32-50(42)55)56(37-28-30-52-47(31-37)43-17-9-11-22-51(43)58-52)36-25-23-35(24-26-36)39-19-12-20-45-48-33-46(34-13-4-3-5-14-34)40-15-6-7-18-44(40)54(48)57-53(39)45/h3-33H,1-2H3. The van der Waals surface area contributed by atoms with Crippen molar-refractivity contribution in [2.45, 2.75) is 19.3 Å². The summed E-state index contributed by atoms with van der Waals surface area (Å²) in [6, 6.07) is 68.8. The van der Waals surface area contributed by atoms with Gasteiger partial charge in [-0.3, -0.25) is 0 Å². The lowest BCUT2D eigenvalue weighted by atomic mass is 9.82. The van der Waals surface area contributed by atoms with E-state index in [-0.39, 0.29) is 5.41 Å². The second-order valence-electron chi connectivity index (χ2n) is 16.1. The zero-order chi connectivity index (χ0) is 38.5. The highest BCUT2D eigenvalue weighted by molar-refractivity contribution is 7.25. The highest BCUT2D eigenvalue weighted by atomic mass is 32.1. The van der Waals surface area contributed by atoms with Crippen molar-refractivity contribution in [3.8, 4) is 33.4 Å². The maximum absolute atomic E-state index is 6.91. The summed E-state index contributed by atoms with van der Waals surface area (Å²) in [4.78, 5) is 2.42. The molecule has 12 rings (SSSR count). The van der Waals surface area contributed by atoms with Gasteiger partial charge in [0.25, 0.3) is 0 Å². The highest BCUT2D eigenvalue weighted by Gasteiger charge is 2.35. The van der Waals surface area contributed by atoms with Crippen LogP contribution in [-0.2, 0) is 5.41 Å². The zero-order valence-electron chi connectivity index (χ0n) is 32.2. The fourth-order valence-electron chi connectivity index (χ4n) is 9.63. The van der Waals surface area contributed by atoms with Gasteiger partial charge in [0.1, 0.15) is 11.2 Å². The molecule has 274 valence electrons. The third-order valence-corrected chi connectivity index (χ3v) is 13.6. The van der Waals surface area contributed by atoms with E-state index in [0.29, 0.717) is 0 Å². The lowest BCUT2D eigenvalue weighted by molar-refractivity contribution is 0.660. The summed E-state index contributed by atoms with van der Waals surface area (Å²) in [5, 5.41) is 7.16. The smallest absolute Gasteiger partial charge is 0.143 e. The number of rotatable bonds is 5. The van der Waals surface area contributed by atoms with E-state index < -0.39 is 0 Å². The molecule has 0 saturated carbocycles. The Kier molecular flexibility index (Phi) is 7.18. The molecule has 58 heavy (non-hydrogen) atoms. The van der Waals surface area contributed by atoms with Gasteiger partial charge in [-0.15, -0.1) is 11.3 Å². The molecule has 1 aliphatic carbocycles. The van der Waals surface area contributed by atoms with Crippen LogP contribution in [-0.4, -0.2) is 0 Å². The molecular formula is C55H37NOS. The molecule has 11 aromatic rings. The van der Waals surface area contributed by atoms with Gasteiger partial charge in [-0.2, -0.15) is 0 Å². The monoisotopic (exact) mass is 759 g/mol. The lowest BCUT2D eigenvalue weighted by Gasteiger charge is -2.28. The molecule has 0 N–H and O–H groups in total. The van der Waals surface area contributed by atoms with Crippen LogP contribution in [0.5, 0.6) is 0 Å². The Morgan fingerprint density at radius 1 is 0.379 bits per heavy atom. The van der Waals surface area contributed by atoms with Gasteiger partial charge in [0, 0.05) is 64.4 Å². The van der Waals surface area contributed by atoms with Gasteiger partial charge in [-0.25, -0.2) is 0 Å². The van der Waals surface area contributed by atoms with Crippen LogP contribution in [0, 0.1) is 0 Å². The Hall–Kier alpha value is -6.94. The Labute approximate surface area is 340 Å². The van der Waals surface area contributed by atoms with Gasteiger partial charge in [0.2, 0.25) is 0 Å². The van der Waals surface area contributed by atoms with E-state index in [0.717, 1.165) is 55.5 Å². The van der Waals surface area contributed by atoms with Crippen LogP contribution in [0.2, 0.25) is 0 Å². The van der Waals surface area contributed by atoms with Gasteiger partial charge in [-0.1, -0.05) is 147 Å². The Morgan fingerprint density at radius 3 is 1.84 bits per heavy atom. The van der Waals surface area contributed by atoms with Crippen molar-refractivity contribution >= 4 is 81.3 Å². The van der Waals surface area contributed by atoms with Crippen LogP contribution < -0.4 is 4.90 Å². The van der Waals surface area contributed by atoms with E-state index >= 15 is 0 Å². The molecule has 9 aromatic carbocycles.